The zero-order valence-corrected chi connectivity index (χ0v) is 10.3. The number of hydrogen-bond donors (Lipinski definition) is 3. The predicted octanol–water partition coefficient (Wildman–Crippen LogP) is -0.149. The van der Waals surface area contributed by atoms with E-state index < -0.39 is 10.2 Å². The zero-order chi connectivity index (χ0) is 12.9. The van der Waals surface area contributed by atoms with Crippen LogP contribution in [0.25, 0.3) is 0 Å². The van der Waals surface area contributed by atoms with E-state index in [2.05, 4.69) is 16.6 Å². The first kappa shape index (κ1) is 13.7. The smallest absolute Gasteiger partial charge is 0.274 e. The lowest BCUT2D eigenvalue weighted by atomic mass is 10.1. The molecule has 0 bridgehead atoms. The van der Waals surface area contributed by atoms with Crippen LogP contribution in [-0.2, 0) is 10.2 Å². The van der Waals surface area contributed by atoms with Crippen LogP contribution in [0, 0.1) is 11.8 Å². The average Bonchev–Trinajstić information content (AvgIpc) is 2.24. The lowest BCUT2D eigenvalue weighted by molar-refractivity contribution is 0.568. The number of rotatable bonds is 3. The molecule has 92 valence electrons. The molecule has 0 saturated heterocycles. The first-order chi connectivity index (χ1) is 7.92. The maximum Gasteiger partial charge on any atom is 0.274 e. The minimum Gasteiger partial charge on any atom is -0.320 e. The summed E-state index contributed by atoms with van der Waals surface area (Å²) < 4.78 is 24.0. The Morgan fingerprint density at radius 3 is 2.41 bits per heavy atom. The van der Waals surface area contributed by atoms with Crippen molar-refractivity contribution in [2.75, 3.05) is 6.54 Å². The summed E-state index contributed by atoms with van der Waals surface area (Å²) in [6, 6.07) is 6.83. The maximum absolute atomic E-state index is 10.9. The van der Waals surface area contributed by atoms with Crippen LogP contribution >= 0.6 is 0 Å². The highest BCUT2D eigenvalue weighted by molar-refractivity contribution is 7.87. The van der Waals surface area contributed by atoms with Gasteiger partial charge in [0, 0.05) is 11.6 Å². The predicted molar refractivity (Wildman–Crippen MR) is 67.0 cm³/mol. The average molecular weight is 253 g/mol. The fourth-order valence-corrected chi connectivity index (χ4v) is 1.95. The first-order valence-corrected chi connectivity index (χ1v) is 6.56. The first-order valence-electron chi connectivity index (χ1n) is 5.01. The number of benzene rings is 1. The van der Waals surface area contributed by atoms with Crippen LogP contribution in [0.4, 0.5) is 0 Å². The van der Waals surface area contributed by atoms with E-state index in [-0.39, 0.29) is 6.04 Å². The Morgan fingerprint density at radius 2 is 1.94 bits per heavy atom. The van der Waals surface area contributed by atoms with Gasteiger partial charge in [-0.3, -0.25) is 0 Å². The van der Waals surface area contributed by atoms with E-state index in [1.54, 1.807) is 31.2 Å². The molecular formula is C11H15N3O2S. The second-order valence-electron chi connectivity index (χ2n) is 3.51. The molecule has 5 nitrogen and oxygen atoms in total. The highest BCUT2D eigenvalue weighted by Crippen LogP contribution is 2.13. The molecule has 0 heterocycles. The molecule has 0 spiro atoms. The Hall–Kier alpha value is -1.39. The summed E-state index contributed by atoms with van der Waals surface area (Å²) >= 11 is 0. The fourth-order valence-electron chi connectivity index (χ4n) is 1.32. The molecule has 1 aromatic carbocycles. The standard InChI is InChI=1S/C11H15N3O2S/c1-9(14-17(13,15)16)11-6-4-10(5-7-11)3-2-8-12/h4-7,9,14H,8,12H2,1H3,(H2,13,15,16). The van der Waals surface area contributed by atoms with Gasteiger partial charge < -0.3 is 5.73 Å². The molecule has 0 amide bonds. The normalized spacial score (nSPS) is 12.6. The van der Waals surface area contributed by atoms with E-state index in [9.17, 15) is 8.42 Å². The van der Waals surface area contributed by atoms with Crippen LogP contribution in [0.1, 0.15) is 24.1 Å². The molecule has 17 heavy (non-hydrogen) atoms. The van der Waals surface area contributed by atoms with Crippen molar-refractivity contribution in [1.29, 1.82) is 0 Å². The van der Waals surface area contributed by atoms with Gasteiger partial charge in [0.1, 0.15) is 0 Å². The van der Waals surface area contributed by atoms with Crippen LogP contribution in [-0.4, -0.2) is 15.0 Å². The number of nitrogens with one attached hydrogen (secondary N) is 1. The van der Waals surface area contributed by atoms with E-state index in [0.29, 0.717) is 6.54 Å². The summed E-state index contributed by atoms with van der Waals surface area (Å²) in [6.07, 6.45) is 0. The van der Waals surface area contributed by atoms with E-state index >= 15 is 0 Å². The van der Waals surface area contributed by atoms with Gasteiger partial charge in [0.15, 0.2) is 0 Å². The van der Waals surface area contributed by atoms with Gasteiger partial charge in [-0.05, 0) is 24.6 Å². The molecule has 0 radical (unpaired) electrons. The van der Waals surface area contributed by atoms with Crippen molar-refractivity contribution < 1.29 is 8.42 Å². The molecule has 5 N–H and O–H groups in total. The Labute approximate surface area is 101 Å². The molecule has 6 heteroatoms. The lowest BCUT2D eigenvalue weighted by Crippen LogP contribution is -2.32. The van der Waals surface area contributed by atoms with Crippen LogP contribution in [0.2, 0.25) is 0 Å². The Morgan fingerprint density at radius 1 is 1.35 bits per heavy atom. The molecule has 0 saturated carbocycles. The second-order valence-corrected chi connectivity index (χ2v) is 4.84. The molecule has 1 aromatic rings. The monoisotopic (exact) mass is 253 g/mol. The Balaban J connectivity index is 2.80. The van der Waals surface area contributed by atoms with E-state index in [0.717, 1.165) is 11.1 Å². The molecule has 0 fully saturated rings. The van der Waals surface area contributed by atoms with E-state index in [4.69, 9.17) is 10.9 Å². The number of nitrogens with two attached hydrogens (primary N) is 2. The van der Waals surface area contributed by atoms with Gasteiger partial charge in [0.25, 0.3) is 10.2 Å². The van der Waals surface area contributed by atoms with Crippen molar-refractivity contribution in [3.8, 4) is 11.8 Å². The maximum atomic E-state index is 10.9. The van der Waals surface area contributed by atoms with Crippen LogP contribution in [0.15, 0.2) is 24.3 Å². The van der Waals surface area contributed by atoms with E-state index in [1.807, 2.05) is 0 Å². The summed E-state index contributed by atoms with van der Waals surface area (Å²) in [6.45, 7) is 2.02. The third-order valence-electron chi connectivity index (χ3n) is 2.09. The minimum absolute atomic E-state index is 0.311. The van der Waals surface area contributed by atoms with Crippen molar-refractivity contribution in [3.63, 3.8) is 0 Å². The second kappa shape index (κ2) is 5.80. The van der Waals surface area contributed by atoms with Crippen molar-refractivity contribution in [3.05, 3.63) is 35.4 Å². The van der Waals surface area contributed by atoms with Crippen molar-refractivity contribution >= 4 is 10.2 Å². The zero-order valence-electron chi connectivity index (χ0n) is 9.47. The number of hydrogen-bond acceptors (Lipinski definition) is 3. The largest absolute Gasteiger partial charge is 0.320 e. The SMILES string of the molecule is CC(NS(N)(=O)=O)c1ccc(C#CCN)cc1. The minimum atomic E-state index is -3.69. The summed E-state index contributed by atoms with van der Waals surface area (Å²) in [7, 11) is -3.69. The molecule has 0 aromatic heterocycles. The summed E-state index contributed by atoms with van der Waals surface area (Å²) in [5.74, 6) is 5.62. The van der Waals surface area contributed by atoms with E-state index in [1.165, 1.54) is 0 Å². The molecular weight excluding hydrogens is 238 g/mol. The van der Waals surface area contributed by atoms with Crippen molar-refractivity contribution in [2.24, 2.45) is 10.9 Å². The highest BCUT2D eigenvalue weighted by atomic mass is 32.2. The Bertz CT molecular complexity index is 526. The lowest BCUT2D eigenvalue weighted by Gasteiger charge is -2.11. The van der Waals surface area contributed by atoms with Crippen molar-refractivity contribution in [1.82, 2.24) is 4.72 Å². The van der Waals surface area contributed by atoms with Gasteiger partial charge >= 0.3 is 0 Å². The van der Waals surface area contributed by atoms with Crippen LogP contribution in [0.5, 0.6) is 0 Å². The van der Waals surface area contributed by atoms with Gasteiger partial charge in [-0.2, -0.15) is 13.1 Å². The van der Waals surface area contributed by atoms with Gasteiger partial charge in [-0.1, -0.05) is 24.0 Å². The third-order valence-corrected chi connectivity index (χ3v) is 2.77. The third kappa shape index (κ3) is 4.97. The molecule has 0 aliphatic rings. The van der Waals surface area contributed by atoms with Crippen LogP contribution < -0.4 is 15.6 Å². The quantitative estimate of drug-likeness (QED) is 0.653. The van der Waals surface area contributed by atoms with Crippen molar-refractivity contribution in [2.45, 2.75) is 13.0 Å². The molecule has 0 aliphatic heterocycles. The molecule has 0 aliphatic carbocycles. The molecule has 1 atom stereocenters. The summed E-state index contributed by atoms with van der Waals surface area (Å²) in [4.78, 5) is 0. The van der Waals surface area contributed by atoms with Gasteiger partial charge in [0.2, 0.25) is 0 Å². The topological polar surface area (TPSA) is 98.2 Å². The van der Waals surface area contributed by atoms with Gasteiger partial charge in [0.05, 0.1) is 6.54 Å². The molecule has 1 unspecified atom stereocenters. The van der Waals surface area contributed by atoms with Gasteiger partial charge in [-0.15, -0.1) is 0 Å². The fraction of sp³-hybridized carbons (Fsp3) is 0.273. The van der Waals surface area contributed by atoms with Crippen LogP contribution in [0.3, 0.4) is 0 Å². The Kier molecular flexibility index (Phi) is 4.66. The summed E-state index contributed by atoms with van der Waals surface area (Å²) in [5, 5.41) is 4.89. The highest BCUT2D eigenvalue weighted by Gasteiger charge is 2.10. The summed E-state index contributed by atoms with van der Waals surface area (Å²) in [5.41, 5.74) is 6.91. The molecule has 1 rings (SSSR count). The van der Waals surface area contributed by atoms with Gasteiger partial charge in [-0.25, -0.2) is 5.14 Å².